The molecule has 5 rings (SSSR count). The fourth-order valence-electron chi connectivity index (χ4n) is 4.81. The third-order valence-corrected chi connectivity index (χ3v) is 6.77. The number of fused-ring (bicyclic) bond motifs is 2. The zero-order chi connectivity index (χ0) is 24.4. The number of hydrogen-bond donors (Lipinski definition) is 0. The molecule has 2 aliphatic heterocycles. The van der Waals surface area contributed by atoms with Crippen LogP contribution < -0.4 is 10.2 Å². The van der Waals surface area contributed by atoms with Crippen molar-refractivity contribution in [2.75, 3.05) is 46.0 Å². The van der Waals surface area contributed by atoms with Gasteiger partial charge in [-0.2, -0.15) is 0 Å². The van der Waals surface area contributed by atoms with Gasteiger partial charge in [-0.05, 0) is 42.2 Å². The van der Waals surface area contributed by atoms with Gasteiger partial charge in [0.05, 0.1) is 36.8 Å². The van der Waals surface area contributed by atoms with E-state index in [-0.39, 0.29) is 17.1 Å². The Morgan fingerprint density at radius 3 is 2.63 bits per heavy atom. The van der Waals surface area contributed by atoms with E-state index in [2.05, 4.69) is 18.7 Å². The molecule has 1 saturated heterocycles. The molecule has 1 atom stereocenters. The highest BCUT2D eigenvalue weighted by molar-refractivity contribution is 5.99. The van der Waals surface area contributed by atoms with Crippen LogP contribution in [0.3, 0.4) is 0 Å². The third kappa shape index (κ3) is 4.83. The first-order valence-electron chi connectivity index (χ1n) is 12.4. The van der Waals surface area contributed by atoms with Gasteiger partial charge in [0, 0.05) is 26.2 Å². The maximum Gasteiger partial charge on any atom is 0.290 e. The van der Waals surface area contributed by atoms with Gasteiger partial charge in [-0.1, -0.05) is 38.1 Å². The molecule has 2 aromatic carbocycles. The summed E-state index contributed by atoms with van der Waals surface area (Å²) in [6.07, 6.45) is 0.955. The van der Waals surface area contributed by atoms with Crippen LogP contribution in [0.5, 0.6) is 5.75 Å². The van der Waals surface area contributed by atoms with Gasteiger partial charge in [0.2, 0.25) is 5.76 Å². The average Bonchev–Trinajstić information content (AvgIpc) is 3.15. The number of nitrogens with zero attached hydrogens (tertiary/aromatic N) is 2. The lowest BCUT2D eigenvalue weighted by Crippen LogP contribution is -2.42. The van der Waals surface area contributed by atoms with Gasteiger partial charge in [-0.3, -0.25) is 14.5 Å². The minimum Gasteiger partial charge on any atom is -0.494 e. The molecule has 35 heavy (non-hydrogen) atoms. The number of carbonyl (C=O) groups is 1. The molecule has 184 valence electrons. The first-order valence-corrected chi connectivity index (χ1v) is 12.4. The molecule has 1 aromatic heterocycles. The average molecular weight is 477 g/mol. The molecule has 1 fully saturated rings. The lowest BCUT2D eigenvalue weighted by molar-refractivity contribution is 0.0314. The lowest BCUT2D eigenvalue weighted by Gasteiger charge is -2.31. The predicted molar refractivity (Wildman–Crippen MR) is 134 cm³/mol. The lowest BCUT2D eigenvalue weighted by atomic mass is 9.98. The van der Waals surface area contributed by atoms with E-state index in [0.717, 1.165) is 30.8 Å². The van der Waals surface area contributed by atoms with E-state index in [0.29, 0.717) is 55.4 Å². The molecule has 3 aromatic rings. The zero-order valence-corrected chi connectivity index (χ0v) is 20.4. The SMILES string of the molecule is CC(C)CCOc1cccc(C2c3c(oc4ccccc4c3=O)C(=O)N2CCN2CCOCC2)c1. The monoisotopic (exact) mass is 476 g/mol. The normalized spacial score (nSPS) is 18.4. The van der Waals surface area contributed by atoms with E-state index in [4.69, 9.17) is 13.9 Å². The number of benzene rings is 2. The zero-order valence-electron chi connectivity index (χ0n) is 20.4. The Balaban J connectivity index is 1.52. The Bertz CT molecular complexity index is 1260. The highest BCUT2D eigenvalue weighted by Crippen LogP contribution is 2.39. The fourth-order valence-corrected chi connectivity index (χ4v) is 4.81. The highest BCUT2D eigenvalue weighted by atomic mass is 16.5. The summed E-state index contributed by atoms with van der Waals surface area (Å²) in [7, 11) is 0. The molecule has 7 nitrogen and oxygen atoms in total. The maximum absolute atomic E-state index is 13.6. The van der Waals surface area contributed by atoms with Crippen LogP contribution in [-0.2, 0) is 4.74 Å². The van der Waals surface area contributed by atoms with Crippen molar-refractivity contribution >= 4 is 16.9 Å². The molecule has 0 radical (unpaired) electrons. The molecule has 1 amide bonds. The van der Waals surface area contributed by atoms with E-state index in [1.54, 1.807) is 17.0 Å². The minimum absolute atomic E-state index is 0.145. The van der Waals surface area contributed by atoms with E-state index >= 15 is 0 Å². The molecule has 0 saturated carbocycles. The summed E-state index contributed by atoms with van der Waals surface area (Å²) < 4.78 is 17.5. The van der Waals surface area contributed by atoms with Crippen LogP contribution in [0.15, 0.2) is 57.7 Å². The molecule has 1 unspecified atom stereocenters. The summed E-state index contributed by atoms with van der Waals surface area (Å²) >= 11 is 0. The van der Waals surface area contributed by atoms with Gasteiger partial charge in [0.1, 0.15) is 11.3 Å². The number of ether oxygens (including phenoxy) is 2. The molecular formula is C28H32N2O5. The minimum atomic E-state index is -0.520. The molecule has 3 heterocycles. The van der Waals surface area contributed by atoms with Gasteiger partial charge in [-0.25, -0.2) is 0 Å². The standard InChI is InChI=1S/C28H32N2O5/c1-19(2)10-15-34-21-7-5-6-20(18-21)25-24-26(31)22-8-3-4-9-23(22)35-27(24)28(32)30(25)12-11-29-13-16-33-17-14-29/h3-9,18-19,25H,10-17H2,1-2H3. The number of hydrogen-bond acceptors (Lipinski definition) is 6. The van der Waals surface area contributed by atoms with Crippen LogP contribution in [0.2, 0.25) is 0 Å². The quantitative estimate of drug-likeness (QED) is 0.488. The second-order valence-corrected chi connectivity index (χ2v) is 9.63. The summed E-state index contributed by atoms with van der Waals surface area (Å²) in [5.74, 6) is 1.19. The van der Waals surface area contributed by atoms with Gasteiger partial charge >= 0.3 is 0 Å². The predicted octanol–water partition coefficient (Wildman–Crippen LogP) is 4.10. The molecule has 2 aliphatic rings. The summed E-state index contributed by atoms with van der Waals surface area (Å²) in [5.41, 5.74) is 1.54. The number of para-hydroxylation sites is 1. The molecule has 0 aliphatic carbocycles. The van der Waals surface area contributed by atoms with E-state index in [1.807, 2.05) is 36.4 Å². The van der Waals surface area contributed by atoms with Crippen LogP contribution in [0.1, 0.15) is 48.0 Å². The molecule has 0 bridgehead atoms. The van der Waals surface area contributed by atoms with Crippen LogP contribution in [0, 0.1) is 5.92 Å². The van der Waals surface area contributed by atoms with Crippen LogP contribution in [-0.4, -0.2) is 61.7 Å². The highest BCUT2D eigenvalue weighted by Gasteiger charge is 2.42. The summed E-state index contributed by atoms with van der Waals surface area (Å²) in [6.45, 7) is 9.19. The fraction of sp³-hybridized carbons (Fsp3) is 0.429. The Kier molecular flexibility index (Phi) is 6.88. The Hall–Kier alpha value is -3.16. The molecule has 0 N–H and O–H groups in total. The summed E-state index contributed by atoms with van der Waals surface area (Å²) in [4.78, 5) is 31.3. The Morgan fingerprint density at radius 2 is 1.83 bits per heavy atom. The van der Waals surface area contributed by atoms with E-state index in [1.165, 1.54) is 0 Å². The van der Waals surface area contributed by atoms with Crippen molar-refractivity contribution in [2.45, 2.75) is 26.3 Å². The topological polar surface area (TPSA) is 72.2 Å². The first-order chi connectivity index (χ1) is 17.0. The Morgan fingerprint density at radius 1 is 1.03 bits per heavy atom. The van der Waals surface area contributed by atoms with Gasteiger partial charge in [0.15, 0.2) is 5.43 Å². The summed E-state index contributed by atoms with van der Waals surface area (Å²) in [6, 6.07) is 14.3. The second-order valence-electron chi connectivity index (χ2n) is 9.63. The van der Waals surface area contributed by atoms with Crippen LogP contribution in [0.4, 0.5) is 0 Å². The van der Waals surface area contributed by atoms with Crippen molar-refractivity contribution in [3.8, 4) is 5.75 Å². The largest absolute Gasteiger partial charge is 0.494 e. The van der Waals surface area contributed by atoms with Gasteiger partial charge < -0.3 is 18.8 Å². The Labute approximate surface area is 205 Å². The number of carbonyl (C=O) groups excluding carboxylic acids is 1. The molecule has 0 spiro atoms. The number of rotatable bonds is 8. The number of morpholine rings is 1. The van der Waals surface area contributed by atoms with Crippen LogP contribution in [0.25, 0.3) is 11.0 Å². The maximum atomic E-state index is 13.6. The van der Waals surface area contributed by atoms with E-state index < -0.39 is 6.04 Å². The molecule has 7 heteroatoms. The van der Waals surface area contributed by atoms with E-state index in [9.17, 15) is 9.59 Å². The van der Waals surface area contributed by atoms with Crippen molar-refractivity contribution in [3.63, 3.8) is 0 Å². The van der Waals surface area contributed by atoms with Gasteiger partial charge in [0.25, 0.3) is 5.91 Å². The van der Waals surface area contributed by atoms with Crippen molar-refractivity contribution in [2.24, 2.45) is 5.92 Å². The number of amides is 1. The second kappa shape index (κ2) is 10.2. The van der Waals surface area contributed by atoms with Crippen LogP contribution >= 0.6 is 0 Å². The van der Waals surface area contributed by atoms with Crippen molar-refractivity contribution in [3.05, 3.63) is 75.6 Å². The first kappa shape index (κ1) is 23.6. The van der Waals surface area contributed by atoms with Gasteiger partial charge in [-0.15, -0.1) is 0 Å². The smallest absolute Gasteiger partial charge is 0.290 e. The van der Waals surface area contributed by atoms with Crippen molar-refractivity contribution in [1.82, 2.24) is 9.80 Å². The van der Waals surface area contributed by atoms with Crippen molar-refractivity contribution in [1.29, 1.82) is 0 Å². The van der Waals surface area contributed by atoms with Crippen molar-refractivity contribution < 1.29 is 18.7 Å². The summed E-state index contributed by atoms with van der Waals surface area (Å²) in [5, 5.41) is 0.489. The third-order valence-electron chi connectivity index (χ3n) is 6.77. The molecular weight excluding hydrogens is 444 g/mol.